The third-order valence-electron chi connectivity index (χ3n) is 2.43. The summed E-state index contributed by atoms with van der Waals surface area (Å²) in [5.74, 6) is 0.0185. The maximum absolute atomic E-state index is 11.2. The van der Waals surface area contributed by atoms with Gasteiger partial charge in [-0.1, -0.05) is 6.92 Å². The zero-order valence-electron chi connectivity index (χ0n) is 12.1. The van der Waals surface area contributed by atoms with Crippen molar-refractivity contribution in [1.82, 2.24) is 9.97 Å². The summed E-state index contributed by atoms with van der Waals surface area (Å²) in [4.78, 5) is 29.5. The molecule has 0 spiro atoms. The number of anilines is 2. The van der Waals surface area contributed by atoms with Gasteiger partial charge in [0.2, 0.25) is 11.8 Å². The minimum atomic E-state index is -0.573. The lowest BCUT2D eigenvalue weighted by Crippen LogP contribution is -2.14. The Balaban J connectivity index is 2.71. The lowest BCUT2D eigenvalue weighted by atomic mass is 10.4. The first-order valence-electron chi connectivity index (χ1n) is 6.73. The van der Waals surface area contributed by atoms with Crippen molar-refractivity contribution in [2.24, 2.45) is 0 Å². The van der Waals surface area contributed by atoms with E-state index in [9.17, 15) is 14.9 Å². The average Bonchev–Trinajstić information content (AvgIpc) is 2.45. The monoisotopic (exact) mass is 297 g/mol. The highest BCUT2D eigenvalue weighted by atomic mass is 16.6. The van der Waals surface area contributed by atoms with Gasteiger partial charge in [0, 0.05) is 13.1 Å². The smallest absolute Gasteiger partial charge is 0.329 e. The van der Waals surface area contributed by atoms with Crippen LogP contribution in [0.1, 0.15) is 26.7 Å². The highest BCUT2D eigenvalue weighted by molar-refractivity contribution is 5.70. The molecule has 0 saturated heterocycles. The standard InChI is InChI=1S/C12H19N5O4/c1-3-6-14-12-15-8-9(17(19)20)11(16-12)13-7-5-10(18)21-4-2/h8H,3-7H2,1-2H3,(H2,13,14,15,16). The van der Waals surface area contributed by atoms with Crippen LogP contribution in [-0.4, -0.2) is 40.6 Å². The number of esters is 1. The van der Waals surface area contributed by atoms with Gasteiger partial charge in [0.25, 0.3) is 0 Å². The molecule has 0 saturated carbocycles. The average molecular weight is 297 g/mol. The molecule has 1 rings (SSSR count). The number of nitrogens with one attached hydrogen (secondary N) is 2. The number of carbonyl (C=O) groups excluding carboxylic acids is 1. The van der Waals surface area contributed by atoms with Crippen molar-refractivity contribution < 1.29 is 14.5 Å². The number of nitro groups is 1. The molecule has 0 aliphatic carbocycles. The van der Waals surface area contributed by atoms with E-state index < -0.39 is 4.92 Å². The van der Waals surface area contributed by atoms with Gasteiger partial charge >= 0.3 is 11.7 Å². The lowest BCUT2D eigenvalue weighted by Gasteiger charge is -2.08. The van der Waals surface area contributed by atoms with Crippen molar-refractivity contribution in [1.29, 1.82) is 0 Å². The maximum Gasteiger partial charge on any atom is 0.329 e. The first-order chi connectivity index (χ1) is 10.1. The van der Waals surface area contributed by atoms with Crippen LogP contribution in [0, 0.1) is 10.1 Å². The maximum atomic E-state index is 11.2. The molecule has 2 N–H and O–H groups in total. The molecule has 1 aromatic heterocycles. The summed E-state index contributed by atoms with van der Waals surface area (Å²) in [6.45, 7) is 4.87. The number of nitrogens with zero attached hydrogens (tertiary/aromatic N) is 3. The fourth-order valence-electron chi connectivity index (χ4n) is 1.48. The van der Waals surface area contributed by atoms with E-state index in [0.717, 1.165) is 12.6 Å². The topological polar surface area (TPSA) is 119 Å². The van der Waals surface area contributed by atoms with Crippen LogP contribution in [-0.2, 0) is 9.53 Å². The Hall–Kier alpha value is -2.45. The summed E-state index contributed by atoms with van der Waals surface area (Å²) in [5.41, 5.74) is -0.235. The minimum Gasteiger partial charge on any atom is -0.466 e. The fraction of sp³-hybridized carbons (Fsp3) is 0.583. The van der Waals surface area contributed by atoms with Crippen LogP contribution in [0.2, 0.25) is 0 Å². The summed E-state index contributed by atoms with van der Waals surface area (Å²) >= 11 is 0. The van der Waals surface area contributed by atoms with E-state index in [0.29, 0.717) is 19.1 Å². The molecule has 0 aromatic carbocycles. The van der Waals surface area contributed by atoms with E-state index in [1.54, 1.807) is 6.92 Å². The summed E-state index contributed by atoms with van der Waals surface area (Å²) < 4.78 is 4.78. The first kappa shape index (κ1) is 16.6. The Labute approximate surface area is 122 Å². The molecule has 9 heteroatoms. The zero-order chi connectivity index (χ0) is 15.7. The van der Waals surface area contributed by atoms with Gasteiger partial charge in [0.1, 0.15) is 6.20 Å². The van der Waals surface area contributed by atoms with Gasteiger partial charge < -0.3 is 15.4 Å². The molecule has 0 fully saturated rings. The molecule has 9 nitrogen and oxygen atoms in total. The predicted molar refractivity (Wildman–Crippen MR) is 77.2 cm³/mol. The van der Waals surface area contributed by atoms with Crippen molar-refractivity contribution in [3.63, 3.8) is 0 Å². The highest BCUT2D eigenvalue weighted by Gasteiger charge is 2.17. The van der Waals surface area contributed by atoms with E-state index in [1.165, 1.54) is 0 Å². The van der Waals surface area contributed by atoms with E-state index >= 15 is 0 Å². The Bertz CT molecular complexity index is 495. The van der Waals surface area contributed by atoms with Crippen LogP contribution in [0.25, 0.3) is 0 Å². The van der Waals surface area contributed by atoms with Crippen LogP contribution in [0.15, 0.2) is 6.20 Å². The van der Waals surface area contributed by atoms with Gasteiger partial charge in [-0.3, -0.25) is 14.9 Å². The molecule has 0 amide bonds. The molecular weight excluding hydrogens is 278 g/mol. The van der Waals surface area contributed by atoms with E-state index in [4.69, 9.17) is 4.74 Å². The molecule has 0 aliphatic rings. The van der Waals surface area contributed by atoms with E-state index in [-0.39, 0.29) is 30.4 Å². The van der Waals surface area contributed by atoms with Crippen LogP contribution in [0.5, 0.6) is 0 Å². The summed E-state index contributed by atoms with van der Waals surface area (Å²) in [6, 6.07) is 0. The second-order valence-corrected chi connectivity index (χ2v) is 4.09. The molecular formula is C12H19N5O4. The number of carbonyl (C=O) groups is 1. The number of hydrogen-bond acceptors (Lipinski definition) is 8. The zero-order valence-corrected chi connectivity index (χ0v) is 12.1. The second-order valence-electron chi connectivity index (χ2n) is 4.09. The highest BCUT2D eigenvalue weighted by Crippen LogP contribution is 2.21. The molecule has 116 valence electrons. The van der Waals surface area contributed by atoms with Crippen LogP contribution in [0.4, 0.5) is 17.5 Å². The number of rotatable bonds is 9. The molecule has 0 bridgehead atoms. The summed E-state index contributed by atoms with van der Waals surface area (Å²) in [7, 11) is 0. The van der Waals surface area contributed by atoms with Gasteiger partial charge in [-0.2, -0.15) is 4.98 Å². The number of hydrogen-bond donors (Lipinski definition) is 2. The largest absolute Gasteiger partial charge is 0.466 e. The van der Waals surface area contributed by atoms with E-state index in [2.05, 4.69) is 20.6 Å². The van der Waals surface area contributed by atoms with Crippen molar-refractivity contribution in [2.75, 3.05) is 30.3 Å². The molecule has 0 atom stereocenters. The molecule has 1 heterocycles. The Morgan fingerprint density at radius 3 is 2.76 bits per heavy atom. The van der Waals surface area contributed by atoms with Gasteiger partial charge in [-0.15, -0.1) is 0 Å². The summed E-state index contributed by atoms with van der Waals surface area (Å²) in [6.07, 6.45) is 2.12. The van der Waals surface area contributed by atoms with Crippen LogP contribution in [0.3, 0.4) is 0 Å². The number of ether oxygens (including phenoxy) is 1. The predicted octanol–water partition coefficient (Wildman–Crippen LogP) is 1.57. The van der Waals surface area contributed by atoms with E-state index in [1.807, 2.05) is 6.92 Å². The second kappa shape index (κ2) is 8.67. The quantitative estimate of drug-likeness (QED) is 0.400. The van der Waals surface area contributed by atoms with Gasteiger partial charge in [0.05, 0.1) is 18.0 Å². The first-order valence-corrected chi connectivity index (χ1v) is 6.73. The molecule has 1 aromatic rings. The van der Waals surface area contributed by atoms with Crippen LogP contribution < -0.4 is 10.6 Å². The molecule has 0 radical (unpaired) electrons. The third-order valence-corrected chi connectivity index (χ3v) is 2.43. The molecule has 0 aliphatic heterocycles. The van der Waals surface area contributed by atoms with Gasteiger partial charge in [0.15, 0.2) is 0 Å². The summed E-state index contributed by atoms with van der Waals surface area (Å²) in [5, 5.41) is 16.6. The third kappa shape index (κ3) is 5.59. The van der Waals surface area contributed by atoms with Gasteiger partial charge in [-0.05, 0) is 13.3 Å². The Morgan fingerprint density at radius 1 is 1.38 bits per heavy atom. The minimum absolute atomic E-state index is 0.0814. The Kier molecular flexibility index (Phi) is 6.85. The number of aromatic nitrogens is 2. The van der Waals surface area contributed by atoms with Crippen molar-refractivity contribution in [3.8, 4) is 0 Å². The normalized spacial score (nSPS) is 10.0. The Morgan fingerprint density at radius 2 is 2.14 bits per heavy atom. The van der Waals surface area contributed by atoms with Crippen molar-refractivity contribution >= 4 is 23.4 Å². The lowest BCUT2D eigenvalue weighted by molar-refractivity contribution is -0.384. The molecule has 0 unspecified atom stereocenters. The van der Waals surface area contributed by atoms with Crippen LogP contribution >= 0.6 is 0 Å². The fourth-order valence-corrected chi connectivity index (χ4v) is 1.48. The van der Waals surface area contributed by atoms with Gasteiger partial charge in [-0.25, -0.2) is 4.98 Å². The van der Waals surface area contributed by atoms with Crippen molar-refractivity contribution in [2.45, 2.75) is 26.7 Å². The van der Waals surface area contributed by atoms with Crippen molar-refractivity contribution in [3.05, 3.63) is 16.3 Å². The molecule has 21 heavy (non-hydrogen) atoms. The SMILES string of the molecule is CCCNc1ncc([N+](=O)[O-])c(NCCC(=O)OCC)n1.